The van der Waals surface area contributed by atoms with Crippen molar-refractivity contribution in [2.75, 3.05) is 11.5 Å². The van der Waals surface area contributed by atoms with E-state index in [0.717, 1.165) is 0 Å². The van der Waals surface area contributed by atoms with Crippen LogP contribution in [0.2, 0.25) is 0 Å². The van der Waals surface area contributed by atoms with Crippen LogP contribution in [0.25, 0.3) is 0 Å². The largest absolute Gasteiger partial charge is 0.322 e. The molecular weight excluding hydrogens is 242 g/mol. The number of nitrogens with two attached hydrogens (primary N) is 1. The SMILES string of the molecule is Cc1ccc(C(N)C2SCCSC2C)s1. The molecule has 2 rings (SSSR count). The molecule has 1 nitrogen and oxygen atoms in total. The van der Waals surface area contributed by atoms with Crippen molar-refractivity contribution in [3.05, 3.63) is 21.9 Å². The lowest BCUT2D eigenvalue weighted by molar-refractivity contribution is 0.674. The van der Waals surface area contributed by atoms with Crippen molar-refractivity contribution >= 4 is 34.9 Å². The average Bonchev–Trinajstić information content (AvgIpc) is 2.65. The molecule has 1 fully saturated rings. The molecule has 1 aromatic heterocycles. The monoisotopic (exact) mass is 259 g/mol. The van der Waals surface area contributed by atoms with Gasteiger partial charge in [-0.3, -0.25) is 0 Å². The van der Waals surface area contributed by atoms with Crippen LogP contribution in [-0.4, -0.2) is 22.0 Å². The summed E-state index contributed by atoms with van der Waals surface area (Å²) in [6.45, 7) is 4.45. The average molecular weight is 259 g/mol. The Bertz CT molecular complexity index is 323. The van der Waals surface area contributed by atoms with Gasteiger partial charge in [0.2, 0.25) is 0 Å². The zero-order valence-electron chi connectivity index (χ0n) is 9.10. The summed E-state index contributed by atoms with van der Waals surface area (Å²) in [4.78, 5) is 2.71. The molecule has 1 aliphatic rings. The second-order valence-corrected chi connectivity index (χ2v) is 7.98. The molecule has 4 heteroatoms. The van der Waals surface area contributed by atoms with Gasteiger partial charge in [0.25, 0.3) is 0 Å². The summed E-state index contributed by atoms with van der Waals surface area (Å²) in [7, 11) is 0. The van der Waals surface area contributed by atoms with Gasteiger partial charge in [0, 0.05) is 31.8 Å². The molecule has 1 aliphatic heterocycles. The third kappa shape index (κ3) is 2.73. The first kappa shape index (κ1) is 11.8. The van der Waals surface area contributed by atoms with E-state index in [-0.39, 0.29) is 6.04 Å². The number of thioether (sulfide) groups is 2. The molecule has 0 amide bonds. The van der Waals surface area contributed by atoms with Gasteiger partial charge in [-0.2, -0.15) is 23.5 Å². The van der Waals surface area contributed by atoms with E-state index >= 15 is 0 Å². The third-order valence-electron chi connectivity index (χ3n) is 2.68. The summed E-state index contributed by atoms with van der Waals surface area (Å²) < 4.78 is 0. The minimum absolute atomic E-state index is 0.219. The number of hydrogen-bond acceptors (Lipinski definition) is 4. The minimum Gasteiger partial charge on any atom is -0.322 e. The fourth-order valence-electron chi connectivity index (χ4n) is 1.84. The third-order valence-corrected chi connectivity index (χ3v) is 7.00. The number of hydrogen-bond donors (Lipinski definition) is 1. The van der Waals surface area contributed by atoms with Crippen LogP contribution >= 0.6 is 34.9 Å². The molecule has 3 atom stereocenters. The Morgan fingerprint density at radius 3 is 2.67 bits per heavy atom. The van der Waals surface area contributed by atoms with Crippen LogP contribution in [0.15, 0.2) is 12.1 Å². The van der Waals surface area contributed by atoms with Crippen LogP contribution in [0.3, 0.4) is 0 Å². The molecular formula is C11H17NS3. The molecule has 1 aromatic rings. The number of thiophene rings is 1. The van der Waals surface area contributed by atoms with Gasteiger partial charge in [0.15, 0.2) is 0 Å². The van der Waals surface area contributed by atoms with E-state index in [1.165, 1.54) is 21.3 Å². The maximum Gasteiger partial charge on any atom is 0.0521 e. The van der Waals surface area contributed by atoms with Gasteiger partial charge in [-0.15, -0.1) is 11.3 Å². The van der Waals surface area contributed by atoms with E-state index in [9.17, 15) is 0 Å². The van der Waals surface area contributed by atoms with E-state index < -0.39 is 0 Å². The van der Waals surface area contributed by atoms with Gasteiger partial charge in [0.05, 0.1) is 6.04 Å². The van der Waals surface area contributed by atoms with Crippen molar-refractivity contribution < 1.29 is 0 Å². The Balaban J connectivity index is 2.09. The van der Waals surface area contributed by atoms with Crippen molar-refractivity contribution in [2.45, 2.75) is 30.4 Å². The smallest absolute Gasteiger partial charge is 0.0521 e. The minimum atomic E-state index is 0.219. The Kier molecular flexibility index (Phi) is 4.04. The van der Waals surface area contributed by atoms with Crippen LogP contribution in [-0.2, 0) is 0 Å². The fraction of sp³-hybridized carbons (Fsp3) is 0.636. The summed E-state index contributed by atoms with van der Waals surface area (Å²) in [6, 6.07) is 4.58. The lowest BCUT2D eigenvalue weighted by Crippen LogP contribution is -2.33. The maximum absolute atomic E-state index is 6.35. The van der Waals surface area contributed by atoms with Gasteiger partial charge in [0.1, 0.15) is 0 Å². The first-order chi connectivity index (χ1) is 7.18. The van der Waals surface area contributed by atoms with Crippen molar-refractivity contribution in [2.24, 2.45) is 5.73 Å². The number of rotatable bonds is 2. The van der Waals surface area contributed by atoms with Crippen molar-refractivity contribution in [1.82, 2.24) is 0 Å². The topological polar surface area (TPSA) is 26.0 Å². The summed E-state index contributed by atoms with van der Waals surface area (Å²) in [5.41, 5.74) is 6.35. The lowest BCUT2D eigenvalue weighted by atomic mass is 10.1. The standard InChI is InChI=1S/C11H17NS3/c1-7-3-4-9(15-7)10(12)11-8(2)13-5-6-14-11/h3-4,8,10-11H,5-6,12H2,1-2H3. The summed E-state index contributed by atoms with van der Waals surface area (Å²) in [6.07, 6.45) is 0. The van der Waals surface area contributed by atoms with Gasteiger partial charge < -0.3 is 5.73 Å². The first-order valence-corrected chi connectivity index (χ1v) is 8.15. The van der Waals surface area contributed by atoms with E-state index in [2.05, 4.69) is 37.7 Å². The molecule has 0 spiro atoms. The molecule has 2 heterocycles. The normalized spacial score (nSPS) is 29.0. The van der Waals surface area contributed by atoms with E-state index in [1.54, 1.807) is 0 Å². The zero-order valence-corrected chi connectivity index (χ0v) is 11.6. The van der Waals surface area contributed by atoms with Crippen molar-refractivity contribution in [3.8, 4) is 0 Å². The highest BCUT2D eigenvalue weighted by Gasteiger charge is 2.29. The van der Waals surface area contributed by atoms with E-state index in [0.29, 0.717) is 10.5 Å². The van der Waals surface area contributed by atoms with Crippen LogP contribution in [0.5, 0.6) is 0 Å². The van der Waals surface area contributed by atoms with Crippen LogP contribution in [0.1, 0.15) is 22.7 Å². The highest BCUT2D eigenvalue weighted by molar-refractivity contribution is 8.07. The lowest BCUT2D eigenvalue weighted by Gasteiger charge is -2.31. The van der Waals surface area contributed by atoms with E-state index in [4.69, 9.17) is 5.73 Å². The molecule has 15 heavy (non-hydrogen) atoms. The molecule has 0 bridgehead atoms. The first-order valence-electron chi connectivity index (χ1n) is 5.23. The predicted octanol–water partition coefficient (Wildman–Crippen LogP) is 3.29. The Morgan fingerprint density at radius 1 is 1.33 bits per heavy atom. The maximum atomic E-state index is 6.35. The Morgan fingerprint density at radius 2 is 2.07 bits per heavy atom. The second-order valence-electron chi connectivity index (χ2n) is 3.89. The van der Waals surface area contributed by atoms with Gasteiger partial charge in [-0.05, 0) is 19.1 Å². The zero-order chi connectivity index (χ0) is 10.8. The molecule has 3 unspecified atom stereocenters. The molecule has 0 aliphatic carbocycles. The summed E-state index contributed by atoms with van der Waals surface area (Å²) in [5, 5.41) is 1.27. The number of aryl methyl sites for hydroxylation is 1. The molecule has 1 saturated heterocycles. The van der Waals surface area contributed by atoms with Crippen LogP contribution < -0.4 is 5.73 Å². The Labute approximate surface area is 104 Å². The predicted molar refractivity (Wildman–Crippen MR) is 74.2 cm³/mol. The highest BCUT2D eigenvalue weighted by Crippen LogP contribution is 2.38. The van der Waals surface area contributed by atoms with E-state index in [1.807, 2.05) is 23.1 Å². The Hall–Kier alpha value is 0.360. The quantitative estimate of drug-likeness (QED) is 0.882. The van der Waals surface area contributed by atoms with Crippen molar-refractivity contribution in [1.29, 1.82) is 0 Å². The van der Waals surface area contributed by atoms with Crippen molar-refractivity contribution in [3.63, 3.8) is 0 Å². The van der Waals surface area contributed by atoms with Gasteiger partial charge in [-0.1, -0.05) is 6.92 Å². The highest BCUT2D eigenvalue weighted by atomic mass is 32.2. The second kappa shape index (κ2) is 5.13. The van der Waals surface area contributed by atoms with Crippen LogP contribution in [0, 0.1) is 6.92 Å². The summed E-state index contributed by atoms with van der Waals surface area (Å²) in [5.74, 6) is 2.52. The van der Waals surface area contributed by atoms with Gasteiger partial charge in [-0.25, -0.2) is 0 Å². The molecule has 0 radical (unpaired) electrons. The fourth-order valence-corrected chi connectivity index (χ4v) is 5.72. The molecule has 0 saturated carbocycles. The molecule has 84 valence electrons. The summed E-state index contributed by atoms with van der Waals surface area (Å²) >= 11 is 5.95. The molecule has 0 aromatic carbocycles. The van der Waals surface area contributed by atoms with Crippen LogP contribution in [0.4, 0.5) is 0 Å². The van der Waals surface area contributed by atoms with Gasteiger partial charge >= 0.3 is 0 Å². The molecule has 2 N–H and O–H groups in total.